The molecule has 2 aromatic rings. The van der Waals surface area contributed by atoms with E-state index in [-0.39, 0.29) is 21.4 Å². The van der Waals surface area contributed by atoms with Crippen molar-refractivity contribution in [1.82, 2.24) is 0 Å². The molecule has 0 saturated carbocycles. The SMILES string of the molecule is CC(=O)c1ccccc1NC(=O)COC(=O)c1c(Cl)cccc1Cl. The molecule has 0 aliphatic carbocycles. The van der Waals surface area contributed by atoms with Gasteiger partial charge >= 0.3 is 5.97 Å². The molecule has 0 heterocycles. The average Bonchev–Trinajstić information content (AvgIpc) is 2.53. The number of Topliss-reactive ketones (excluding diaryl/α,β-unsaturated/α-hetero) is 1. The fourth-order valence-electron chi connectivity index (χ4n) is 1.98. The van der Waals surface area contributed by atoms with Crippen LogP contribution in [-0.2, 0) is 9.53 Å². The van der Waals surface area contributed by atoms with E-state index in [9.17, 15) is 14.4 Å². The van der Waals surface area contributed by atoms with E-state index in [4.69, 9.17) is 27.9 Å². The second-order valence-electron chi connectivity index (χ2n) is 4.82. The molecule has 0 bridgehead atoms. The molecule has 7 heteroatoms. The Morgan fingerprint density at radius 2 is 1.62 bits per heavy atom. The van der Waals surface area contributed by atoms with Crippen LogP contribution in [-0.4, -0.2) is 24.3 Å². The quantitative estimate of drug-likeness (QED) is 0.642. The van der Waals surface area contributed by atoms with Crippen molar-refractivity contribution in [2.75, 3.05) is 11.9 Å². The Kier molecular flexibility index (Phi) is 5.95. The first-order valence-corrected chi connectivity index (χ1v) is 7.66. The zero-order valence-electron chi connectivity index (χ0n) is 12.6. The second kappa shape index (κ2) is 7.95. The van der Waals surface area contributed by atoms with Crippen molar-refractivity contribution >= 4 is 46.5 Å². The van der Waals surface area contributed by atoms with E-state index in [1.807, 2.05) is 0 Å². The van der Waals surface area contributed by atoms with Gasteiger partial charge in [-0.3, -0.25) is 9.59 Å². The van der Waals surface area contributed by atoms with Crippen LogP contribution in [0.2, 0.25) is 10.0 Å². The van der Waals surface area contributed by atoms with Gasteiger partial charge in [-0.05, 0) is 31.2 Å². The Morgan fingerprint density at radius 3 is 2.25 bits per heavy atom. The van der Waals surface area contributed by atoms with Gasteiger partial charge in [-0.2, -0.15) is 0 Å². The molecule has 1 amide bonds. The Hall–Kier alpha value is -2.37. The molecule has 5 nitrogen and oxygen atoms in total. The van der Waals surface area contributed by atoms with Crippen LogP contribution in [0.5, 0.6) is 0 Å². The number of esters is 1. The predicted molar refractivity (Wildman–Crippen MR) is 91.8 cm³/mol. The third kappa shape index (κ3) is 4.34. The number of amides is 1. The van der Waals surface area contributed by atoms with E-state index in [1.54, 1.807) is 30.3 Å². The van der Waals surface area contributed by atoms with Gasteiger partial charge in [-0.1, -0.05) is 41.4 Å². The van der Waals surface area contributed by atoms with Crippen molar-refractivity contribution in [3.05, 3.63) is 63.6 Å². The summed E-state index contributed by atoms with van der Waals surface area (Å²) < 4.78 is 4.92. The highest BCUT2D eigenvalue weighted by Crippen LogP contribution is 2.25. The minimum Gasteiger partial charge on any atom is -0.452 e. The number of ether oxygens (including phenoxy) is 1. The van der Waals surface area contributed by atoms with Crippen molar-refractivity contribution < 1.29 is 19.1 Å². The summed E-state index contributed by atoms with van der Waals surface area (Å²) in [6.45, 7) is 0.858. The minimum atomic E-state index is -0.805. The molecule has 0 spiro atoms. The molecule has 2 aromatic carbocycles. The van der Waals surface area contributed by atoms with Gasteiger partial charge in [0.1, 0.15) is 0 Å². The normalized spacial score (nSPS) is 10.1. The van der Waals surface area contributed by atoms with E-state index >= 15 is 0 Å². The van der Waals surface area contributed by atoms with E-state index in [0.717, 1.165) is 0 Å². The van der Waals surface area contributed by atoms with Crippen molar-refractivity contribution in [3.63, 3.8) is 0 Å². The molecule has 0 atom stereocenters. The summed E-state index contributed by atoms with van der Waals surface area (Å²) in [6.07, 6.45) is 0. The van der Waals surface area contributed by atoms with Crippen LogP contribution in [0.25, 0.3) is 0 Å². The fourth-order valence-corrected chi connectivity index (χ4v) is 2.53. The van der Waals surface area contributed by atoms with Crippen molar-refractivity contribution in [3.8, 4) is 0 Å². The first-order valence-electron chi connectivity index (χ1n) is 6.91. The number of halogens is 2. The van der Waals surface area contributed by atoms with Crippen LogP contribution in [0, 0.1) is 0 Å². The highest BCUT2D eigenvalue weighted by atomic mass is 35.5. The number of carbonyl (C=O) groups is 3. The zero-order chi connectivity index (χ0) is 17.7. The summed E-state index contributed by atoms with van der Waals surface area (Å²) in [7, 11) is 0. The topological polar surface area (TPSA) is 72.5 Å². The van der Waals surface area contributed by atoms with E-state index in [2.05, 4.69) is 5.32 Å². The summed E-state index contributed by atoms with van der Waals surface area (Å²) in [6, 6.07) is 11.1. The van der Waals surface area contributed by atoms with E-state index in [0.29, 0.717) is 11.3 Å². The molecular weight excluding hydrogens is 353 g/mol. The lowest BCUT2D eigenvalue weighted by Gasteiger charge is -2.10. The Morgan fingerprint density at radius 1 is 1.00 bits per heavy atom. The van der Waals surface area contributed by atoms with Gasteiger partial charge < -0.3 is 10.1 Å². The lowest BCUT2D eigenvalue weighted by molar-refractivity contribution is -0.119. The molecule has 0 saturated heterocycles. The molecular formula is C17H13Cl2NO4. The third-order valence-corrected chi connectivity index (χ3v) is 3.71. The standard InChI is InChI=1S/C17H13Cl2NO4/c1-10(21)11-5-2-3-8-14(11)20-15(22)9-24-17(23)16-12(18)6-4-7-13(16)19/h2-8H,9H2,1H3,(H,20,22). The molecule has 124 valence electrons. The summed E-state index contributed by atoms with van der Waals surface area (Å²) in [5.74, 6) is -1.58. The number of para-hydroxylation sites is 1. The predicted octanol–water partition coefficient (Wildman–Crippen LogP) is 3.99. The molecule has 1 N–H and O–H groups in total. The molecule has 24 heavy (non-hydrogen) atoms. The average molecular weight is 366 g/mol. The molecule has 0 aliphatic heterocycles. The number of hydrogen-bond acceptors (Lipinski definition) is 4. The third-order valence-electron chi connectivity index (χ3n) is 3.08. The van der Waals surface area contributed by atoms with Crippen molar-refractivity contribution in [2.45, 2.75) is 6.92 Å². The lowest BCUT2D eigenvalue weighted by Crippen LogP contribution is -2.22. The van der Waals surface area contributed by atoms with Crippen LogP contribution in [0.15, 0.2) is 42.5 Å². The fraction of sp³-hybridized carbons (Fsp3) is 0.118. The number of nitrogens with one attached hydrogen (secondary N) is 1. The highest BCUT2D eigenvalue weighted by molar-refractivity contribution is 6.39. The Labute approximate surface area is 148 Å². The Balaban J connectivity index is 2.02. The van der Waals surface area contributed by atoms with Gasteiger partial charge in [0.05, 0.1) is 21.3 Å². The van der Waals surface area contributed by atoms with Crippen LogP contribution in [0.3, 0.4) is 0 Å². The van der Waals surface area contributed by atoms with Crippen molar-refractivity contribution in [2.24, 2.45) is 0 Å². The first kappa shape index (κ1) is 18.0. The highest BCUT2D eigenvalue weighted by Gasteiger charge is 2.18. The summed E-state index contributed by atoms with van der Waals surface area (Å²) in [5, 5.41) is 2.79. The summed E-state index contributed by atoms with van der Waals surface area (Å²) >= 11 is 11.8. The van der Waals surface area contributed by atoms with Crippen LogP contribution >= 0.6 is 23.2 Å². The van der Waals surface area contributed by atoms with E-state index < -0.39 is 18.5 Å². The molecule has 0 aliphatic rings. The number of carbonyl (C=O) groups excluding carboxylic acids is 3. The van der Waals surface area contributed by atoms with Gasteiger partial charge in [0, 0.05) is 5.56 Å². The number of anilines is 1. The van der Waals surface area contributed by atoms with Gasteiger partial charge in [-0.15, -0.1) is 0 Å². The molecule has 0 fully saturated rings. The lowest BCUT2D eigenvalue weighted by atomic mass is 10.1. The number of ketones is 1. The summed E-state index contributed by atoms with van der Waals surface area (Å²) in [4.78, 5) is 35.4. The minimum absolute atomic E-state index is 0.00207. The maximum Gasteiger partial charge on any atom is 0.341 e. The van der Waals surface area contributed by atoms with Crippen LogP contribution < -0.4 is 5.32 Å². The van der Waals surface area contributed by atoms with Crippen molar-refractivity contribution in [1.29, 1.82) is 0 Å². The molecule has 0 unspecified atom stereocenters. The van der Waals surface area contributed by atoms with Crippen LogP contribution in [0.4, 0.5) is 5.69 Å². The van der Waals surface area contributed by atoms with Gasteiger partial charge in [0.25, 0.3) is 5.91 Å². The number of benzene rings is 2. The monoisotopic (exact) mass is 365 g/mol. The van der Waals surface area contributed by atoms with Gasteiger partial charge in [0.2, 0.25) is 0 Å². The van der Waals surface area contributed by atoms with E-state index in [1.165, 1.54) is 19.1 Å². The maximum absolute atomic E-state index is 12.0. The molecule has 2 rings (SSSR count). The summed E-state index contributed by atoms with van der Waals surface area (Å²) in [5.41, 5.74) is 0.714. The largest absolute Gasteiger partial charge is 0.452 e. The molecule has 0 radical (unpaired) electrons. The Bertz CT molecular complexity index is 785. The number of rotatable bonds is 5. The molecule has 0 aromatic heterocycles. The van der Waals surface area contributed by atoms with Gasteiger partial charge in [0.15, 0.2) is 12.4 Å². The van der Waals surface area contributed by atoms with Gasteiger partial charge in [-0.25, -0.2) is 4.79 Å². The van der Waals surface area contributed by atoms with Crippen LogP contribution in [0.1, 0.15) is 27.6 Å². The number of hydrogen-bond donors (Lipinski definition) is 1. The second-order valence-corrected chi connectivity index (χ2v) is 5.64. The first-order chi connectivity index (χ1) is 11.4. The maximum atomic E-state index is 12.0. The zero-order valence-corrected chi connectivity index (χ0v) is 14.1. The smallest absolute Gasteiger partial charge is 0.341 e.